The van der Waals surface area contributed by atoms with Gasteiger partial charge in [0, 0.05) is 32.1 Å². The number of carbonyl (C=O) groups is 1. The molecule has 2 aromatic rings. The van der Waals surface area contributed by atoms with Crippen LogP contribution in [-0.2, 0) is 21.6 Å². The summed E-state index contributed by atoms with van der Waals surface area (Å²) in [5.74, 6) is 1.12. The number of aryl methyl sites for hydroxylation is 2. The number of morpholine rings is 1. The summed E-state index contributed by atoms with van der Waals surface area (Å²) in [6, 6.07) is 10.3. The van der Waals surface area contributed by atoms with Gasteiger partial charge >= 0.3 is 0 Å². The van der Waals surface area contributed by atoms with Crippen LogP contribution in [-0.4, -0.2) is 42.2 Å². The molecule has 2 aliphatic rings. The number of aromatic nitrogens is 1. The van der Waals surface area contributed by atoms with Gasteiger partial charge in [-0.3, -0.25) is 9.69 Å². The van der Waals surface area contributed by atoms with Gasteiger partial charge in [-0.2, -0.15) is 0 Å². The third-order valence-electron chi connectivity index (χ3n) is 5.12. The highest BCUT2D eigenvalue weighted by Crippen LogP contribution is 2.42. The molecule has 0 saturated carbocycles. The van der Waals surface area contributed by atoms with Crippen LogP contribution in [0.2, 0.25) is 0 Å². The van der Waals surface area contributed by atoms with Crippen molar-refractivity contribution in [2.45, 2.75) is 31.8 Å². The van der Waals surface area contributed by atoms with Crippen LogP contribution in [0, 0.1) is 6.92 Å². The number of nitrogens with one attached hydrogen (secondary N) is 1. The first kappa shape index (κ1) is 16.3. The van der Waals surface area contributed by atoms with Crippen molar-refractivity contribution in [1.29, 1.82) is 0 Å². The number of benzene rings is 1. The van der Waals surface area contributed by atoms with E-state index in [1.54, 1.807) is 13.0 Å². The van der Waals surface area contributed by atoms with Gasteiger partial charge in [-0.1, -0.05) is 29.4 Å². The molecular formula is C19H23N3O3. The van der Waals surface area contributed by atoms with Gasteiger partial charge in [0.1, 0.15) is 11.4 Å². The van der Waals surface area contributed by atoms with Crippen molar-refractivity contribution in [3.63, 3.8) is 0 Å². The number of fused-ring (bicyclic) bond motifs is 2. The summed E-state index contributed by atoms with van der Waals surface area (Å²) in [6.45, 7) is 4.93. The molecule has 1 aliphatic heterocycles. The third kappa shape index (κ3) is 3.32. The number of anilines is 1. The molecule has 1 aliphatic carbocycles. The van der Waals surface area contributed by atoms with E-state index in [9.17, 15) is 4.79 Å². The lowest BCUT2D eigenvalue weighted by Crippen LogP contribution is -2.49. The Hall–Kier alpha value is -2.18. The standard InChI is InChI=1S/C19H23N3O3/c1-14-12-17(21-25-14)20-18(23)7-9-22-10-11-24-19(13-22)8-6-15-4-2-3-5-16(15)19/h2-5,12H,6-11,13H2,1H3,(H,20,21,23)/t19-/m1/s1. The smallest absolute Gasteiger partial charge is 0.226 e. The molecule has 1 atom stereocenters. The first-order valence-electron chi connectivity index (χ1n) is 8.82. The highest BCUT2D eigenvalue weighted by molar-refractivity contribution is 5.89. The average Bonchev–Trinajstić information content (AvgIpc) is 3.18. The lowest BCUT2D eigenvalue weighted by molar-refractivity contribution is -0.122. The van der Waals surface area contributed by atoms with Crippen LogP contribution in [0.1, 0.15) is 29.7 Å². The van der Waals surface area contributed by atoms with Gasteiger partial charge in [0.15, 0.2) is 5.82 Å². The molecule has 1 amide bonds. The number of rotatable bonds is 4. The molecule has 25 heavy (non-hydrogen) atoms. The second-order valence-electron chi connectivity index (χ2n) is 6.90. The van der Waals surface area contributed by atoms with Crippen molar-refractivity contribution in [1.82, 2.24) is 10.1 Å². The second-order valence-corrected chi connectivity index (χ2v) is 6.90. The molecule has 2 heterocycles. The molecule has 4 rings (SSSR count). The van der Waals surface area contributed by atoms with E-state index in [1.807, 2.05) is 0 Å². The molecule has 0 radical (unpaired) electrons. The van der Waals surface area contributed by atoms with Gasteiger partial charge in [-0.05, 0) is 30.9 Å². The minimum atomic E-state index is -0.200. The Balaban J connectivity index is 1.35. The molecular weight excluding hydrogens is 318 g/mol. The molecule has 1 aromatic carbocycles. The van der Waals surface area contributed by atoms with Crippen molar-refractivity contribution in [2.24, 2.45) is 0 Å². The Morgan fingerprint density at radius 3 is 3.12 bits per heavy atom. The molecule has 1 saturated heterocycles. The summed E-state index contributed by atoms with van der Waals surface area (Å²) < 4.78 is 11.2. The van der Waals surface area contributed by atoms with Crippen LogP contribution in [0.4, 0.5) is 5.82 Å². The molecule has 0 bridgehead atoms. The maximum Gasteiger partial charge on any atom is 0.226 e. The minimum Gasteiger partial charge on any atom is -0.368 e. The topological polar surface area (TPSA) is 67.6 Å². The zero-order chi connectivity index (χ0) is 17.3. The van der Waals surface area contributed by atoms with E-state index in [1.165, 1.54) is 11.1 Å². The van der Waals surface area contributed by atoms with Crippen LogP contribution in [0.25, 0.3) is 0 Å². The Bertz CT molecular complexity index is 769. The van der Waals surface area contributed by atoms with Crippen molar-refractivity contribution < 1.29 is 14.1 Å². The second kappa shape index (κ2) is 6.61. The number of amides is 1. The summed E-state index contributed by atoms with van der Waals surface area (Å²) >= 11 is 0. The molecule has 6 heteroatoms. The number of nitrogens with zero attached hydrogens (tertiary/aromatic N) is 2. The predicted octanol–water partition coefficient (Wildman–Crippen LogP) is 2.49. The van der Waals surface area contributed by atoms with Gasteiger partial charge < -0.3 is 14.6 Å². The molecule has 1 spiro atoms. The van der Waals surface area contributed by atoms with Crippen LogP contribution >= 0.6 is 0 Å². The third-order valence-corrected chi connectivity index (χ3v) is 5.12. The highest BCUT2D eigenvalue weighted by Gasteiger charge is 2.43. The van der Waals surface area contributed by atoms with E-state index in [-0.39, 0.29) is 11.5 Å². The van der Waals surface area contributed by atoms with Gasteiger partial charge in [0.05, 0.1) is 6.61 Å². The van der Waals surface area contributed by atoms with Gasteiger partial charge in [-0.15, -0.1) is 0 Å². The number of hydrogen-bond acceptors (Lipinski definition) is 5. The van der Waals surface area contributed by atoms with Gasteiger partial charge in [0.2, 0.25) is 5.91 Å². The number of carbonyl (C=O) groups excluding carboxylic acids is 1. The van der Waals surface area contributed by atoms with E-state index < -0.39 is 0 Å². The first-order valence-corrected chi connectivity index (χ1v) is 8.82. The Morgan fingerprint density at radius 2 is 2.28 bits per heavy atom. The maximum absolute atomic E-state index is 12.1. The van der Waals surface area contributed by atoms with Crippen LogP contribution in [0.15, 0.2) is 34.9 Å². The lowest BCUT2D eigenvalue weighted by atomic mass is 9.93. The van der Waals surface area contributed by atoms with Crippen LogP contribution in [0.3, 0.4) is 0 Å². The summed E-state index contributed by atoms with van der Waals surface area (Å²) in [5, 5.41) is 6.57. The fraction of sp³-hybridized carbons (Fsp3) is 0.474. The Kier molecular flexibility index (Phi) is 4.31. The van der Waals surface area contributed by atoms with Crippen LogP contribution in [0.5, 0.6) is 0 Å². The summed E-state index contributed by atoms with van der Waals surface area (Å²) in [7, 11) is 0. The van der Waals surface area contributed by atoms with Crippen molar-refractivity contribution in [2.75, 3.05) is 31.6 Å². The van der Waals surface area contributed by atoms with E-state index in [0.29, 0.717) is 24.6 Å². The largest absolute Gasteiger partial charge is 0.368 e. The van der Waals surface area contributed by atoms with E-state index >= 15 is 0 Å². The van der Waals surface area contributed by atoms with Crippen molar-refractivity contribution in [3.8, 4) is 0 Å². The zero-order valence-corrected chi connectivity index (χ0v) is 14.5. The summed E-state index contributed by atoms with van der Waals surface area (Å²) in [5.41, 5.74) is 2.51. The Labute approximate surface area is 147 Å². The molecule has 1 fully saturated rings. The number of ether oxygens (including phenoxy) is 1. The maximum atomic E-state index is 12.1. The fourth-order valence-electron chi connectivity index (χ4n) is 3.91. The van der Waals surface area contributed by atoms with Gasteiger partial charge in [0.25, 0.3) is 0 Å². The lowest BCUT2D eigenvalue weighted by Gasteiger charge is -2.41. The van der Waals surface area contributed by atoms with E-state index in [4.69, 9.17) is 9.26 Å². The molecule has 132 valence electrons. The van der Waals surface area contributed by atoms with Crippen molar-refractivity contribution >= 4 is 11.7 Å². The molecule has 1 aromatic heterocycles. The number of hydrogen-bond donors (Lipinski definition) is 1. The zero-order valence-electron chi connectivity index (χ0n) is 14.5. The molecule has 1 N–H and O–H groups in total. The average molecular weight is 341 g/mol. The van der Waals surface area contributed by atoms with Gasteiger partial charge in [-0.25, -0.2) is 0 Å². The Morgan fingerprint density at radius 1 is 1.40 bits per heavy atom. The first-order chi connectivity index (χ1) is 12.1. The monoisotopic (exact) mass is 341 g/mol. The SMILES string of the molecule is Cc1cc(NC(=O)CCN2CCO[C@]3(CCc4ccccc43)C2)no1. The molecule has 0 unspecified atom stereocenters. The predicted molar refractivity (Wildman–Crippen MR) is 93.3 cm³/mol. The van der Waals surface area contributed by atoms with E-state index in [0.717, 1.165) is 32.5 Å². The minimum absolute atomic E-state index is 0.0411. The quantitative estimate of drug-likeness (QED) is 0.925. The summed E-state index contributed by atoms with van der Waals surface area (Å²) in [6.07, 6.45) is 2.52. The van der Waals surface area contributed by atoms with E-state index in [2.05, 4.69) is 39.6 Å². The fourth-order valence-corrected chi connectivity index (χ4v) is 3.91. The van der Waals surface area contributed by atoms with Crippen LogP contribution < -0.4 is 5.32 Å². The summed E-state index contributed by atoms with van der Waals surface area (Å²) in [4.78, 5) is 14.5. The normalized spacial score (nSPS) is 22.9. The molecule has 6 nitrogen and oxygen atoms in total. The highest BCUT2D eigenvalue weighted by atomic mass is 16.5. The van der Waals surface area contributed by atoms with Crippen molar-refractivity contribution in [3.05, 3.63) is 47.2 Å².